The van der Waals surface area contributed by atoms with Crippen molar-refractivity contribution in [3.8, 4) is 11.5 Å². The number of aryl methyl sites for hydroxylation is 1. The van der Waals surface area contributed by atoms with Crippen molar-refractivity contribution in [2.24, 2.45) is 0 Å². The summed E-state index contributed by atoms with van der Waals surface area (Å²) in [4.78, 5) is 13.0. The molecular weight excluding hydrogens is 260 g/mol. The van der Waals surface area contributed by atoms with Crippen molar-refractivity contribution < 1.29 is 15.0 Å². The molecule has 19 heavy (non-hydrogen) atoms. The van der Waals surface area contributed by atoms with Crippen LogP contribution in [0.5, 0.6) is 11.5 Å². The number of rotatable bonds is 4. The van der Waals surface area contributed by atoms with E-state index >= 15 is 0 Å². The zero-order valence-corrected chi connectivity index (χ0v) is 11.3. The highest BCUT2D eigenvalue weighted by atomic mass is 32.2. The Balaban J connectivity index is 2.08. The minimum Gasteiger partial charge on any atom is -0.508 e. The quantitative estimate of drug-likeness (QED) is 0.663. The van der Waals surface area contributed by atoms with E-state index in [2.05, 4.69) is 0 Å². The Morgan fingerprint density at radius 2 is 1.89 bits per heavy atom. The average Bonchev–Trinajstić information content (AvgIpc) is 2.37. The van der Waals surface area contributed by atoms with E-state index in [0.717, 1.165) is 10.5 Å². The highest BCUT2D eigenvalue weighted by molar-refractivity contribution is 8.00. The Morgan fingerprint density at radius 3 is 2.58 bits per heavy atom. The fraction of sp³-hybridized carbons (Fsp3) is 0.133. The number of benzene rings is 2. The fourth-order valence-corrected chi connectivity index (χ4v) is 2.61. The van der Waals surface area contributed by atoms with E-state index in [0.29, 0.717) is 0 Å². The predicted octanol–water partition coefficient (Wildman–Crippen LogP) is 3.38. The number of phenolic OH excluding ortho intramolecular Hbond substituents is 2. The fourth-order valence-electron chi connectivity index (χ4n) is 1.70. The maximum absolute atomic E-state index is 12.0. The molecule has 2 rings (SSSR count). The lowest BCUT2D eigenvalue weighted by Crippen LogP contribution is -2.02. The van der Waals surface area contributed by atoms with Gasteiger partial charge >= 0.3 is 0 Å². The number of hydrogen-bond acceptors (Lipinski definition) is 4. The second-order valence-electron chi connectivity index (χ2n) is 4.18. The van der Waals surface area contributed by atoms with Crippen molar-refractivity contribution in [3.63, 3.8) is 0 Å². The van der Waals surface area contributed by atoms with Crippen molar-refractivity contribution in [2.75, 3.05) is 5.75 Å². The van der Waals surface area contributed by atoms with Gasteiger partial charge in [-0.2, -0.15) is 0 Å². The van der Waals surface area contributed by atoms with Gasteiger partial charge in [-0.25, -0.2) is 0 Å². The standard InChI is InChI=1S/C15H14O3S/c1-10-4-2-3-5-15(10)19-9-14(18)12-7-6-11(16)8-13(12)17/h2-8,16-17H,9H2,1H3. The average molecular weight is 274 g/mol. The van der Waals surface area contributed by atoms with E-state index in [4.69, 9.17) is 0 Å². The Kier molecular flexibility index (Phi) is 4.12. The molecule has 0 heterocycles. The molecule has 2 aromatic carbocycles. The Morgan fingerprint density at radius 1 is 1.16 bits per heavy atom. The summed E-state index contributed by atoms with van der Waals surface area (Å²) in [6.07, 6.45) is 0. The molecule has 0 aliphatic rings. The molecular formula is C15H14O3S. The molecule has 0 amide bonds. The van der Waals surface area contributed by atoms with Crippen LogP contribution in [0, 0.1) is 6.92 Å². The third-order valence-corrected chi connectivity index (χ3v) is 3.91. The maximum Gasteiger partial charge on any atom is 0.176 e. The van der Waals surface area contributed by atoms with Crippen LogP contribution in [-0.2, 0) is 0 Å². The molecule has 0 bridgehead atoms. The van der Waals surface area contributed by atoms with Crippen LogP contribution in [0.4, 0.5) is 0 Å². The van der Waals surface area contributed by atoms with E-state index in [1.165, 1.54) is 30.0 Å². The van der Waals surface area contributed by atoms with Crippen molar-refractivity contribution in [1.29, 1.82) is 0 Å². The SMILES string of the molecule is Cc1ccccc1SCC(=O)c1ccc(O)cc1O. The summed E-state index contributed by atoms with van der Waals surface area (Å²) in [5.74, 6) is -0.148. The minimum atomic E-state index is -0.185. The van der Waals surface area contributed by atoms with Gasteiger partial charge < -0.3 is 10.2 Å². The molecule has 3 nitrogen and oxygen atoms in total. The van der Waals surface area contributed by atoms with Crippen molar-refractivity contribution >= 4 is 17.5 Å². The topological polar surface area (TPSA) is 57.5 Å². The summed E-state index contributed by atoms with van der Waals surface area (Å²) in [6.45, 7) is 1.99. The maximum atomic E-state index is 12.0. The van der Waals surface area contributed by atoms with Crippen LogP contribution < -0.4 is 0 Å². The first kappa shape index (κ1) is 13.5. The lowest BCUT2D eigenvalue weighted by atomic mass is 10.1. The van der Waals surface area contributed by atoms with Gasteiger partial charge in [0.15, 0.2) is 5.78 Å². The molecule has 0 atom stereocenters. The van der Waals surface area contributed by atoms with E-state index in [-0.39, 0.29) is 28.6 Å². The molecule has 0 saturated heterocycles. The second-order valence-corrected chi connectivity index (χ2v) is 5.20. The number of thioether (sulfide) groups is 1. The molecule has 0 saturated carbocycles. The normalized spacial score (nSPS) is 10.4. The summed E-state index contributed by atoms with van der Waals surface area (Å²) in [5, 5.41) is 18.8. The molecule has 4 heteroatoms. The third kappa shape index (κ3) is 3.29. The van der Waals surface area contributed by atoms with Gasteiger partial charge in [0, 0.05) is 11.0 Å². The van der Waals surface area contributed by atoms with Crippen LogP contribution in [0.2, 0.25) is 0 Å². The first-order valence-electron chi connectivity index (χ1n) is 5.81. The summed E-state index contributed by atoms with van der Waals surface area (Å²) in [5.41, 5.74) is 1.36. The smallest absolute Gasteiger partial charge is 0.176 e. The number of Topliss-reactive ketones (excluding diaryl/α,β-unsaturated/α-hetero) is 1. The van der Waals surface area contributed by atoms with Crippen LogP contribution in [0.1, 0.15) is 15.9 Å². The van der Waals surface area contributed by atoms with Gasteiger partial charge in [0.25, 0.3) is 0 Å². The first-order chi connectivity index (χ1) is 9.08. The Bertz CT molecular complexity index is 608. The van der Waals surface area contributed by atoms with E-state index in [1.807, 2.05) is 31.2 Å². The molecule has 2 aromatic rings. The predicted molar refractivity (Wildman–Crippen MR) is 76.0 cm³/mol. The van der Waals surface area contributed by atoms with Gasteiger partial charge in [-0.1, -0.05) is 18.2 Å². The van der Waals surface area contributed by atoms with E-state index < -0.39 is 0 Å². The van der Waals surface area contributed by atoms with Gasteiger partial charge in [-0.15, -0.1) is 11.8 Å². The van der Waals surface area contributed by atoms with E-state index in [9.17, 15) is 15.0 Å². The second kappa shape index (κ2) is 5.80. The number of hydrogen-bond donors (Lipinski definition) is 2. The lowest BCUT2D eigenvalue weighted by Gasteiger charge is -2.06. The number of carbonyl (C=O) groups excluding carboxylic acids is 1. The molecule has 0 spiro atoms. The largest absolute Gasteiger partial charge is 0.508 e. The van der Waals surface area contributed by atoms with Crippen molar-refractivity contribution in [2.45, 2.75) is 11.8 Å². The van der Waals surface area contributed by atoms with Crippen LogP contribution in [0.25, 0.3) is 0 Å². The monoisotopic (exact) mass is 274 g/mol. The number of ketones is 1. The van der Waals surface area contributed by atoms with Gasteiger partial charge in [0.05, 0.1) is 11.3 Å². The molecule has 0 aliphatic carbocycles. The highest BCUT2D eigenvalue weighted by Gasteiger charge is 2.12. The third-order valence-electron chi connectivity index (χ3n) is 2.73. The molecule has 98 valence electrons. The van der Waals surface area contributed by atoms with Gasteiger partial charge in [0.1, 0.15) is 11.5 Å². The molecule has 2 N–H and O–H groups in total. The summed E-state index contributed by atoms with van der Waals surface area (Å²) < 4.78 is 0. The van der Waals surface area contributed by atoms with Gasteiger partial charge in [-0.3, -0.25) is 4.79 Å². The van der Waals surface area contributed by atoms with Crippen molar-refractivity contribution in [3.05, 3.63) is 53.6 Å². The van der Waals surface area contributed by atoms with Crippen LogP contribution in [0.15, 0.2) is 47.4 Å². The van der Waals surface area contributed by atoms with Gasteiger partial charge in [-0.05, 0) is 30.7 Å². The zero-order valence-electron chi connectivity index (χ0n) is 10.5. The summed E-state index contributed by atoms with van der Waals surface area (Å²) >= 11 is 1.44. The van der Waals surface area contributed by atoms with Crippen molar-refractivity contribution in [1.82, 2.24) is 0 Å². The Labute approximate surface area is 115 Å². The lowest BCUT2D eigenvalue weighted by molar-refractivity contribution is 0.102. The molecule has 0 radical (unpaired) electrons. The molecule has 0 fully saturated rings. The summed E-state index contributed by atoms with van der Waals surface area (Å²) in [7, 11) is 0. The van der Waals surface area contributed by atoms with Crippen LogP contribution >= 0.6 is 11.8 Å². The number of carbonyl (C=O) groups is 1. The van der Waals surface area contributed by atoms with Crippen LogP contribution in [0.3, 0.4) is 0 Å². The van der Waals surface area contributed by atoms with E-state index in [1.54, 1.807) is 0 Å². The highest BCUT2D eigenvalue weighted by Crippen LogP contribution is 2.27. The minimum absolute atomic E-state index is 0.0550. The molecule has 0 unspecified atom stereocenters. The zero-order chi connectivity index (χ0) is 13.8. The molecule has 0 aromatic heterocycles. The number of phenols is 2. The molecule has 0 aliphatic heterocycles. The van der Waals surface area contributed by atoms with Gasteiger partial charge in [0.2, 0.25) is 0 Å². The number of aromatic hydroxyl groups is 2. The summed E-state index contributed by atoms with van der Waals surface area (Å²) in [6, 6.07) is 11.8. The van der Waals surface area contributed by atoms with Crippen LogP contribution in [-0.4, -0.2) is 21.7 Å². The Hall–Kier alpha value is -1.94. The first-order valence-corrected chi connectivity index (χ1v) is 6.80.